The molecule has 1 aliphatic heterocycles. The van der Waals surface area contributed by atoms with E-state index in [-0.39, 0.29) is 18.4 Å². The molecule has 5 nitrogen and oxygen atoms in total. The average molecular weight is 382 g/mol. The second kappa shape index (κ2) is 7.17. The Kier molecular flexibility index (Phi) is 5.46. The van der Waals surface area contributed by atoms with Crippen molar-refractivity contribution in [3.05, 3.63) is 39.5 Å². The van der Waals surface area contributed by atoms with Crippen molar-refractivity contribution in [1.82, 2.24) is 5.32 Å². The lowest BCUT2D eigenvalue weighted by molar-refractivity contribution is -0.143. The number of hydrogen-bond donors (Lipinski definition) is 1. The molecular weight excluding hydrogens is 362 g/mol. The van der Waals surface area contributed by atoms with Crippen LogP contribution in [0.5, 0.6) is 5.75 Å². The Bertz CT molecular complexity index is 667. The van der Waals surface area contributed by atoms with Gasteiger partial charge in [-0.05, 0) is 39.0 Å². The van der Waals surface area contributed by atoms with Crippen LogP contribution in [0.2, 0.25) is 0 Å². The lowest BCUT2D eigenvalue weighted by atomic mass is 9.84. The third kappa shape index (κ3) is 3.93. The van der Waals surface area contributed by atoms with Crippen molar-refractivity contribution in [3.63, 3.8) is 0 Å². The average Bonchev–Trinajstić information content (AvgIpc) is 2.45. The maximum absolute atomic E-state index is 12.5. The normalized spacial score (nSPS) is 18.0. The molecule has 0 saturated heterocycles. The van der Waals surface area contributed by atoms with Crippen LogP contribution in [0.25, 0.3) is 0 Å². The van der Waals surface area contributed by atoms with Gasteiger partial charge in [0, 0.05) is 28.1 Å². The summed E-state index contributed by atoms with van der Waals surface area (Å²) in [5, 5.41) is 2.72. The molecule has 1 heterocycles. The molecule has 6 heteroatoms. The summed E-state index contributed by atoms with van der Waals surface area (Å²) in [6, 6.07) is 5.54. The van der Waals surface area contributed by atoms with Crippen LogP contribution >= 0.6 is 15.9 Å². The van der Waals surface area contributed by atoms with Crippen LogP contribution in [0.4, 0.5) is 0 Å². The number of allylic oxidation sites excluding steroid dienone is 1. The molecule has 1 aromatic carbocycles. The fraction of sp³-hybridized carbons (Fsp3) is 0.412. The summed E-state index contributed by atoms with van der Waals surface area (Å²) in [7, 11) is 1.57. The van der Waals surface area contributed by atoms with Crippen LogP contribution in [0.15, 0.2) is 33.9 Å². The maximum atomic E-state index is 12.5. The summed E-state index contributed by atoms with van der Waals surface area (Å²) in [6.45, 7) is 5.30. The highest BCUT2D eigenvalue weighted by Gasteiger charge is 2.34. The molecule has 2 rings (SSSR count). The van der Waals surface area contributed by atoms with E-state index in [4.69, 9.17) is 9.47 Å². The first kappa shape index (κ1) is 17.5. The Labute approximate surface area is 144 Å². The molecule has 0 bridgehead atoms. The topological polar surface area (TPSA) is 64.6 Å². The van der Waals surface area contributed by atoms with Gasteiger partial charge in [-0.2, -0.15) is 0 Å². The van der Waals surface area contributed by atoms with Crippen LogP contribution in [-0.2, 0) is 14.3 Å². The minimum absolute atomic E-state index is 0.129. The molecule has 1 N–H and O–H groups in total. The Morgan fingerprint density at radius 2 is 2.09 bits per heavy atom. The molecule has 1 aliphatic rings. The molecule has 0 unspecified atom stereocenters. The zero-order valence-corrected chi connectivity index (χ0v) is 15.2. The lowest BCUT2D eigenvalue weighted by Gasteiger charge is -2.28. The number of methoxy groups -OCH3 is 1. The Morgan fingerprint density at radius 1 is 1.39 bits per heavy atom. The van der Waals surface area contributed by atoms with Crippen molar-refractivity contribution in [2.45, 2.75) is 39.2 Å². The predicted molar refractivity (Wildman–Crippen MR) is 90.1 cm³/mol. The summed E-state index contributed by atoms with van der Waals surface area (Å²) >= 11 is 3.43. The van der Waals surface area contributed by atoms with Crippen LogP contribution < -0.4 is 10.1 Å². The van der Waals surface area contributed by atoms with Gasteiger partial charge >= 0.3 is 5.97 Å². The molecule has 124 valence electrons. The predicted octanol–water partition coefficient (Wildman–Crippen LogP) is 3.29. The molecule has 0 aromatic heterocycles. The highest BCUT2D eigenvalue weighted by molar-refractivity contribution is 9.10. The maximum Gasteiger partial charge on any atom is 0.336 e. The number of ether oxygens (including phenoxy) is 2. The third-order valence-corrected chi connectivity index (χ3v) is 4.09. The SMILES string of the molecule is COc1ccc(Br)cc1[C@H]1CC(=O)NC(C)=C1C(=O)OC(C)C. The summed E-state index contributed by atoms with van der Waals surface area (Å²) in [5.74, 6) is -0.307. The van der Waals surface area contributed by atoms with E-state index in [1.54, 1.807) is 27.9 Å². The molecule has 1 aromatic rings. The Hall–Kier alpha value is -1.82. The minimum atomic E-state index is -0.412. The number of amides is 1. The van der Waals surface area contributed by atoms with Crippen LogP contribution in [-0.4, -0.2) is 25.1 Å². The van der Waals surface area contributed by atoms with Gasteiger partial charge in [-0.1, -0.05) is 15.9 Å². The number of benzene rings is 1. The van der Waals surface area contributed by atoms with Crippen molar-refractivity contribution in [1.29, 1.82) is 0 Å². The third-order valence-electron chi connectivity index (χ3n) is 3.60. The first-order chi connectivity index (χ1) is 10.8. The van der Waals surface area contributed by atoms with E-state index in [1.807, 2.05) is 18.2 Å². The standard InChI is InChI=1S/C17H20BrNO4/c1-9(2)23-17(21)16-10(3)19-15(20)8-13(16)12-7-11(18)5-6-14(12)22-4/h5-7,9,13H,8H2,1-4H3,(H,19,20)/t13-/m1/s1. The highest BCUT2D eigenvalue weighted by atomic mass is 79.9. The van der Waals surface area contributed by atoms with Gasteiger partial charge in [-0.25, -0.2) is 4.79 Å². The quantitative estimate of drug-likeness (QED) is 0.812. The van der Waals surface area contributed by atoms with Crippen molar-refractivity contribution in [2.75, 3.05) is 7.11 Å². The number of carbonyl (C=O) groups excluding carboxylic acids is 2. The second-order valence-electron chi connectivity index (χ2n) is 5.68. The molecule has 0 radical (unpaired) electrons. The lowest BCUT2D eigenvalue weighted by Crippen LogP contribution is -2.34. The first-order valence-electron chi connectivity index (χ1n) is 7.38. The van der Waals surface area contributed by atoms with Gasteiger partial charge in [0.15, 0.2) is 0 Å². The van der Waals surface area contributed by atoms with Gasteiger partial charge in [-0.3, -0.25) is 4.79 Å². The largest absolute Gasteiger partial charge is 0.496 e. The summed E-state index contributed by atoms with van der Waals surface area (Å²) in [5.41, 5.74) is 1.78. The zero-order valence-electron chi connectivity index (χ0n) is 13.6. The minimum Gasteiger partial charge on any atom is -0.496 e. The number of hydrogen-bond acceptors (Lipinski definition) is 4. The Morgan fingerprint density at radius 3 is 2.70 bits per heavy atom. The van der Waals surface area contributed by atoms with Gasteiger partial charge < -0.3 is 14.8 Å². The second-order valence-corrected chi connectivity index (χ2v) is 6.60. The van der Waals surface area contributed by atoms with Gasteiger partial charge in [0.1, 0.15) is 5.75 Å². The fourth-order valence-corrected chi connectivity index (χ4v) is 3.07. The molecule has 1 atom stereocenters. The van der Waals surface area contributed by atoms with Gasteiger partial charge in [0.2, 0.25) is 5.91 Å². The van der Waals surface area contributed by atoms with E-state index in [0.29, 0.717) is 17.0 Å². The van der Waals surface area contributed by atoms with E-state index < -0.39 is 11.9 Å². The molecule has 0 aliphatic carbocycles. The number of carbonyl (C=O) groups is 2. The van der Waals surface area contributed by atoms with Crippen molar-refractivity contribution >= 4 is 27.8 Å². The summed E-state index contributed by atoms with van der Waals surface area (Å²) in [4.78, 5) is 24.5. The van der Waals surface area contributed by atoms with Crippen molar-refractivity contribution in [2.24, 2.45) is 0 Å². The molecule has 0 saturated carbocycles. The fourth-order valence-electron chi connectivity index (χ4n) is 2.69. The Balaban J connectivity index is 2.53. The first-order valence-corrected chi connectivity index (χ1v) is 8.17. The number of halogens is 1. The zero-order chi connectivity index (χ0) is 17.1. The monoisotopic (exact) mass is 381 g/mol. The van der Waals surface area contributed by atoms with E-state index in [2.05, 4.69) is 21.2 Å². The van der Waals surface area contributed by atoms with E-state index in [9.17, 15) is 9.59 Å². The molecule has 0 spiro atoms. The molecule has 0 fully saturated rings. The molecular formula is C17H20BrNO4. The van der Waals surface area contributed by atoms with Gasteiger partial charge in [-0.15, -0.1) is 0 Å². The summed E-state index contributed by atoms with van der Waals surface area (Å²) in [6.07, 6.45) is -0.0577. The van der Waals surface area contributed by atoms with Crippen molar-refractivity contribution in [3.8, 4) is 5.75 Å². The highest BCUT2D eigenvalue weighted by Crippen LogP contribution is 2.39. The van der Waals surface area contributed by atoms with E-state index >= 15 is 0 Å². The smallest absolute Gasteiger partial charge is 0.336 e. The number of esters is 1. The molecule has 1 amide bonds. The van der Waals surface area contributed by atoms with Crippen LogP contribution in [0.1, 0.15) is 38.7 Å². The van der Waals surface area contributed by atoms with Crippen LogP contribution in [0.3, 0.4) is 0 Å². The van der Waals surface area contributed by atoms with E-state index in [0.717, 1.165) is 10.0 Å². The van der Waals surface area contributed by atoms with Crippen molar-refractivity contribution < 1.29 is 19.1 Å². The van der Waals surface area contributed by atoms with Crippen LogP contribution in [0, 0.1) is 0 Å². The van der Waals surface area contributed by atoms with Gasteiger partial charge in [0.05, 0.1) is 18.8 Å². The molecule has 23 heavy (non-hydrogen) atoms. The van der Waals surface area contributed by atoms with Gasteiger partial charge in [0.25, 0.3) is 0 Å². The summed E-state index contributed by atoms with van der Waals surface area (Å²) < 4.78 is 11.6. The number of nitrogens with one attached hydrogen (secondary N) is 1. The van der Waals surface area contributed by atoms with E-state index in [1.165, 1.54) is 0 Å². The number of rotatable bonds is 4.